The molecule has 0 radical (unpaired) electrons. The lowest BCUT2D eigenvalue weighted by molar-refractivity contribution is 0.669. The van der Waals surface area contributed by atoms with E-state index < -0.39 is 0 Å². The number of fused-ring (bicyclic) bond motifs is 8. The first kappa shape index (κ1) is 37.9. The Labute approximate surface area is 329 Å². The molecule has 5 nitrogen and oxygen atoms in total. The molecule has 0 spiro atoms. The lowest BCUT2D eigenvalue weighted by atomic mass is 9.94. The van der Waals surface area contributed by atoms with Crippen LogP contribution in [-0.4, -0.2) is 10.4 Å². The molecular formula is C51H50N4O. The van der Waals surface area contributed by atoms with Gasteiger partial charge in [0.25, 0.3) is 0 Å². The predicted molar refractivity (Wildman–Crippen MR) is 240 cm³/mol. The van der Waals surface area contributed by atoms with Crippen LogP contribution in [0.15, 0.2) is 162 Å². The second-order valence-corrected chi connectivity index (χ2v) is 14.0. The fourth-order valence-corrected chi connectivity index (χ4v) is 7.84. The molecule has 8 aromatic rings. The molecule has 5 heteroatoms. The summed E-state index contributed by atoms with van der Waals surface area (Å²) in [5, 5.41) is 12.1. The van der Waals surface area contributed by atoms with E-state index in [0.29, 0.717) is 12.5 Å². The molecule has 0 amide bonds. The number of aromatic nitrogens is 1. The van der Waals surface area contributed by atoms with Gasteiger partial charge in [-0.3, -0.25) is 5.41 Å². The topological polar surface area (TPSA) is 94.0 Å². The number of benzene rings is 6. The Kier molecular flexibility index (Phi) is 11.4. The van der Waals surface area contributed by atoms with Gasteiger partial charge in [-0.05, 0) is 82.1 Å². The quantitative estimate of drug-likeness (QED) is 0.124. The van der Waals surface area contributed by atoms with E-state index in [9.17, 15) is 0 Å². The third-order valence-electron chi connectivity index (χ3n) is 10.6. The Morgan fingerprint density at radius 2 is 1.48 bits per heavy atom. The van der Waals surface area contributed by atoms with Crippen LogP contribution in [0.3, 0.4) is 0 Å². The molecule has 0 fully saturated rings. The minimum absolute atomic E-state index is 0.208. The van der Waals surface area contributed by atoms with E-state index >= 15 is 0 Å². The first-order valence-electron chi connectivity index (χ1n) is 19.6. The Morgan fingerprint density at radius 1 is 0.768 bits per heavy atom. The minimum atomic E-state index is 0.208. The summed E-state index contributed by atoms with van der Waals surface area (Å²) in [7, 11) is 2.20. The molecule has 2 aliphatic rings. The number of amidine groups is 1. The van der Waals surface area contributed by atoms with Gasteiger partial charge < -0.3 is 20.5 Å². The van der Waals surface area contributed by atoms with E-state index in [1.165, 1.54) is 60.8 Å². The Hall–Kier alpha value is -6.43. The summed E-state index contributed by atoms with van der Waals surface area (Å²) in [6.45, 7) is 6.94. The Morgan fingerprint density at radius 3 is 2.21 bits per heavy atom. The largest absolute Gasteiger partial charge is 0.456 e. The van der Waals surface area contributed by atoms with Crippen molar-refractivity contribution < 1.29 is 4.42 Å². The fourth-order valence-electron chi connectivity index (χ4n) is 7.84. The molecule has 6 aromatic carbocycles. The standard InChI is InChI=1S/C35H25NO.C7H10N2.C7H9N.C2H6/c1-21-13-14-22-15-17-30-34(33(21)22)28-11-6-10-26(35(28)36(30)2)25-8-5-7-23(19-25)24-16-18-32-29(20-24)27-9-3-4-12-31(27)37-32;8-7(9)6-4-2-1-3-5-6;8-6-7-4-2-1-3-5-7;1-2/h3-21H,1-2H3;1-2,4H,3,5H2,(H3,8,9);1-5H,6,8H2;1-2H3/t21-;;;/m1.../s1. The number of para-hydroxylation sites is 2. The molecule has 0 unspecified atom stereocenters. The second kappa shape index (κ2) is 16.9. The molecule has 56 heavy (non-hydrogen) atoms. The number of aryl methyl sites for hydroxylation is 1. The second-order valence-electron chi connectivity index (χ2n) is 14.0. The van der Waals surface area contributed by atoms with Crippen molar-refractivity contribution in [3.63, 3.8) is 0 Å². The maximum absolute atomic E-state index is 7.06. The molecule has 280 valence electrons. The van der Waals surface area contributed by atoms with Crippen LogP contribution in [0.4, 0.5) is 0 Å². The fraction of sp³-hybridized carbons (Fsp3) is 0.157. The zero-order valence-corrected chi connectivity index (χ0v) is 32.7. The summed E-state index contributed by atoms with van der Waals surface area (Å²) in [5.74, 6) is 0.643. The maximum Gasteiger partial charge on any atom is 0.135 e. The number of allylic oxidation sites excluding steroid dienone is 4. The smallest absolute Gasteiger partial charge is 0.135 e. The van der Waals surface area contributed by atoms with Gasteiger partial charge in [0.1, 0.15) is 17.0 Å². The van der Waals surface area contributed by atoms with E-state index in [2.05, 4.69) is 122 Å². The van der Waals surface area contributed by atoms with Gasteiger partial charge in [0, 0.05) is 52.1 Å². The number of nitrogens with zero attached hydrogens (tertiary/aromatic N) is 1. The molecule has 0 aliphatic heterocycles. The van der Waals surface area contributed by atoms with Gasteiger partial charge in [0.05, 0.1) is 5.52 Å². The van der Waals surface area contributed by atoms with Crippen LogP contribution >= 0.6 is 0 Å². The summed E-state index contributed by atoms with van der Waals surface area (Å²) in [5.41, 5.74) is 24.9. The van der Waals surface area contributed by atoms with E-state index in [-0.39, 0.29) is 5.84 Å². The lowest BCUT2D eigenvalue weighted by Crippen LogP contribution is -2.13. The van der Waals surface area contributed by atoms with Crippen molar-refractivity contribution in [1.29, 1.82) is 5.41 Å². The summed E-state index contributed by atoms with van der Waals surface area (Å²) < 4.78 is 8.44. The van der Waals surface area contributed by atoms with Crippen LogP contribution in [-0.2, 0) is 13.6 Å². The molecule has 0 saturated heterocycles. The molecule has 1 atom stereocenters. The third kappa shape index (κ3) is 7.46. The van der Waals surface area contributed by atoms with Crippen LogP contribution in [0.5, 0.6) is 0 Å². The van der Waals surface area contributed by atoms with Crippen LogP contribution in [0.1, 0.15) is 56.2 Å². The van der Waals surface area contributed by atoms with Crippen molar-refractivity contribution in [2.24, 2.45) is 18.5 Å². The maximum atomic E-state index is 7.06. The van der Waals surface area contributed by atoms with Crippen LogP contribution in [0, 0.1) is 5.41 Å². The number of hydrogen-bond acceptors (Lipinski definition) is 3. The zero-order valence-electron chi connectivity index (χ0n) is 32.7. The number of rotatable bonds is 4. The number of hydrogen-bond donors (Lipinski definition) is 3. The summed E-state index contributed by atoms with van der Waals surface area (Å²) in [6.07, 6.45) is 12.4. The monoisotopic (exact) mass is 734 g/mol. The molecule has 5 N–H and O–H groups in total. The Balaban J connectivity index is 0.000000209. The molecule has 10 rings (SSSR count). The first-order valence-corrected chi connectivity index (χ1v) is 19.6. The third-order valence-corrected chi connectivity index (χ3v) is 10.6. The molecular weight excluding hydrogens is 685 g/mol. The van der Waals surface area contributed by atoms with Crippen molar-refractivity contribution in [1.82, 2.24) is 4.57 Å². The summed E-state index contributed by atoms with van der Waals surface area (Å²) >= 11 is 0. The average molecular weight is 735 g/mol. The van der Waals surface area contributed by atoms with Gasteiger partial charge in [-0.2, -0.15) is 0 Å². The van der Waals surface area contributed by atoms with Crippen molar-refractivity contribution in [3.8, 4) is 22.3 Å². The van der Waals surface area contributed by atoms with Crippen molar-refractivity contribution in [2.45, 2.75) is 46.1 Å². The highest BCUT2D eigenvalue weighted by atomic mass is 16.3. The SMILES string of the molecule is CC.C[C@@H]1C=Cc2ccc3c(c21)c1cccc(-c2cccc(-c4ccc5oc6ccccc6c5c4)c2)c1n3C.N=C(N)C1=CC=CCC1.NCc1ccccc1. The van der Waals surface area contributed by atoms with E-state index in [4.69, 9.17) is 21.3 Å². The normalized spacial score (nSPS) is 14.0. The van der Waals surface area contributed by atoms with Gasteiger partial charge in [0.2, 0.25) is 0 Å². The molecule has 0 saturated carbocycles. The van der Waals surface area contributed by atoms with E-state index in [1.54, 1.807) is 0 Å². The predicted octanol–water partition coefficient (Wildman–Crippen LogP) is 13.1. The molecule has 2 heterocycles. The van der Waals surface area contributed by atoms with Crippen molar-refractivity contribution in [3.05, 3.63) is 174 Å². The highest BCUT2D eigenvalue weighted by Crippen LogP contribution is 2.43. The summed E-state index contributed by atoms with van der Waals surface area (Å²) in [4.78, 5) is 0. The summed E-state index contributed by atoms with van der Waals surface area (Å²) in [6, 6.07) is 45.0. The molecule has 0 bridgehead atoms. The van der Waals surface area contributed by atoms with E-state index in [1.807, 2.05) is 68.5 Å². The van der Waals surface area contributed by atoms with Crippen LogP contribution in [0.2, 0.25) is 0 Å². The average Bonchev–Trinajstić information content (AvgIpc) is 3.93. The Bertz CT molecular complexity index is 2760. The van der Waals surface area contributed by atoms with Gasteiger partial charge in [-0.1, -0.05) is 148 Å². The number of furan rings is 1. The minimum Gasteiger partial charge on any atom is -0.456 e. The van der Waals surface area contributed by atoms with Crippen molar-refractivity contribution in [2.75, 3.05) is 0 Å². The molecule has 2 aromatic heterocycles. The van der Waals surface area contributed by atoms with Crippen LogP contribution in [0.25, 0.3) is 72.1 Å². The van der Waals surface area contributed by atoms with Crippen LogP contribution < -0.4 is 11.5 Å². The lowest BCUT2D eigenvalue weighted by Gasteiger charge is -2.10. The van der Waals surface area contributed by atoms with Gasteiger partial charge >= 0.3 is 0 Å². The van der Waals surface area contributed by atoms with Crippen molar-refractivity contribution >= 4 is 55.7 Å². The van der Waals surface area contributed by atoms with E-state index in [0.717, 1.165) is 40.4 Å². The van der Waals surface area contributed by atoms with Gasteiger partial charge in [-0.15, -0.1) is 0 Å². The number of nitrogens with one attached hydrogen (secondary N) is 1. The zero-order chi connectivity index (χ0) is 39.2. The molecule has 2 aliphatic carbocycles. The highest BCUT2D eigenvalue weighted by molar-refractivity contribution is 6.15. The highest BCUT2D eigenvalue weighted by Gasteiger charge is 2.22. The number of nitrogens with two attached hydrogens (primary N) is 2. The first-order chi connectivity index (χ1) is 27.4. The van der Waals surface area contributed by atoms with Gasteiger partial charge in [0.15, 0.2) is 0 Å². The van der Waals surface area contributed by atoms with Gasteiger partial charge in [-0.25, -0.2) is 0 Å².